The Morgan fingerprint density at radius 2 is 1.33 bits per heavy atom. The first-order valence-electron chi connectivity index (χ1n) is 7.26. The molecule has 0 aliphatic rings. The predicted molar refractivity (Wildman–Crippen MR) is 87.2 cm³/mol. The molecular weight excluding hydrogens is 347 g/mol. The third-order valence-electron chi connectivity index (χ3n) is 3.87. The van der Waals surface area contributed by atoms with Gasteiger partial charge in [-0.2, -0.15) is 0 Å². The molecule has 24 heavy (non-hydrogen) atoms. The maximum absolute atomic E-state index is 12.7. The van der Waals surface area contributed by atoms with Crippen molar-refractivity contribution in [3.05, 3.63) is 64.2 Å². The van der Waals surface area contributed by atoms with Crippen molar-refractivity contribution in [2.45, 2.75) is 38.2 Å². The minimum absolute atomic E-state index is 0.0470. The van der Waals surface area contributed by atoms with E-state index in [1.54, 1.807) is 0 Å². The first kappa shape index (κ1) is 18.7. The van der Waals surface area contributed by atoms with E-state index in [1.165, 1.54) is 0 Å². The summed E-state index contributed by atoms with van der Waals surface area (Å²) in [5, 5.41) is 10.4. The smallest absolute Gasteiger partial charge is 0.310 e. The van der Waals surface area contributed by atoms with Crippen molar-refractivity contribution in [2.75, 3.05) is 0 Å². The summed E-state index contributed by atoms with van der Waals surface area (Å²) in [4.78, 5) is -1.92. The third-order valence-corrected chi connectivity index (χ3v) is 5.03. The Kier molecular flexibility index (Phi) is 4.06. The van der Waals surface area contributed by atoms with Gasteiger partial charge >= 0.3 is 10.2 Å². The predicted octanol–water partition coefficient (Wildman–Crippen LogP) is 6.55. The zero-order valence-corrected chi connectivity index (χ0v) is 14.3. The molecule has 1 nitrogen and oxygen atoms in total. The lowest BCUT2D eigenvalue weighted by Gasteiger charge is -2.40. The summed E-state index contributed by atoms with van der Waals surface area (Å²) in [6, 6.07) is 6.52. The van der Waals surface area contributed by atoms with Gasteiger partial charge in [0.25, 0.3) is 0 Å². The molecule has 1 N–H and O–H groups in total. The van der Waals surface area contributed by atoms with Crippen LogP contribution in [0, 0.1) is 20.8 Å². The van der Waals surface area contributed by atoms with Crippen LogP contribution in [-0.4, -0.2) is 5.11 Å². The number of halogens is 5. The molecule has 0 aliphatic heterocycles. The fraction of sp³-hybridized carbons (Fsp3) is 0.294. The molecule has 2 aromatic rings. The maximum Gasteiger partial charge on any atom is 0.310 e. The Labute approximate surface area is 137 Å². The van der Waals surface area contributed by atoms with Crippen molar-refractivity contribution in [2.24, 2.45) is 0 Å². The van der Waals surface area contributed by atoms with Gasteiger partial charge in [-0.15, -0.1) is 0 Å². The first-order chi connectivity index (χ1) is 10.7. The third kappa shape index (κ3) is 4.27. The van der Waals surface area contributed by atoms with Crippen molar-refractivity contribution < 1.29 is 24.5 Å². The highest BCUT2D eigenvalue weighted by atomic mass is 32.5. The van der Waals surface area contributed by atoms with Gasteiger partial charge in [0, 0.05) is 6.42 Å². The van der Waals surface area contributed by atoms with Gasteiger partial charge < -0.3 is 5.11 Å². The Morgan fingerprint density at radius 1 is 0.875 bits per heavy atom. The SMILES string of the molecule is Cc1cc(C)c([C@@H](O)Cc2ccc(S(F)(F)(F)(F)F)cc2)c(C)c1. The van der Waals surface area contributed by atoms with Gasteiger partial charge in [-0.1, -0.05) is 49.3 Å². The molecule has 2 aromatic carbocycles. The molecule has 0 saturated carbocycles. The molecule has 0 spiro atoms. The average molecular weight is 366 g/mol. The topological polar surface area (TPSA) is 20.2 Å². The molecule has 0 amide bonds. The molecule has 2 rings (SSSR count). The van der Waals surface area contributed by atoms with Crippen LogP contribution in [0.5, 0.6) is 0 Å². The molecule has 0 bridgehead atoms. The van der Waals surface area contributed by atoms with Crippen LogP contribution in [0.25, 0.3) is 0 Å². The minimum Gasteiger partial charge on any atom is -0.388 e. The average Bonchev–Trinajstić information content (AvgIpc) is 2.35. The highest BCUT2D eigenvalue weighted by molar-refractivity contribution is 8.45. The molecule has 0 unspecified atom stereocenters. The zero-order chi connectivity index (χ0) is 18.4. The van der Waals surface area contributed by atoms with Crippen LogP contribution in [0.4, 0.5) is 19.4 Å². The second kappa shape index (κ2) is 5.20. The fourth-order valence-electron chi connectivity index (χ4n) is 2.92. The van der Waals surface area contributed by atoms with Crippen LogP contribution in [0.3, 0.4) is 0 Å². The van der Waals surface area contributed by atoms with E-state index in [9.17, 15) is 24.5 Å². The molecule has 0 aromatic heterocycles. The van der Waals surface area contributed by atoms with Crippen LogP contribution in [0.15, 0.2) is 41.3 Å². The lowest BCUT2D eigenvalue weighted by atomic mass is 9.92. The zero-order valence-electron chi connectivity index (χ0n) is 13.5. The summed E-state index contributed by atoms with van der Waals surface area (Å²) >= 11 is 0. The second-order valence-corrected chi connectivity index (χ2v) is 8.55. The van der Waals surface area contributed by atoms with Gasteiger partial charge in [-0.3, -0.25) is 0 Å². The first-order valence-corrected chi connectivity index (χ1v) is 9.21. The van der Waals surface area contributed by atoms with Crippen molar-refractivity contribution in [1.82, 2.24) is 0 Å². The lowest BCUT2D eigenvalue weighted by molar-refractivity contribution is 0.177. The number of benzene rings is 2. The number of aliphatic hydroxyl groups excluding tert-OH is 1. The number of hydrogen-bond donors (Lipinski definition) is 1. The van der Waals surface area contributed by atoms with Gasteiger partial charge in [-0.05, 0) is 55.2 Å². The van der Waals surface area contributed by atoms with E-state index in [4.69, 9.17) is 0 Å². The van der Waals surface area contributed by atoms with E-state index in [2.05, 4.69) is 0 Å². The Morgan fingerprint density at radius 3 is 1.75 bits per heavy atom. The normalized spacial score (nSPS) is 16.4. The monoisotopic (exact) mass is 366 g/mol. The van der Waals surface area contributed by atoms with Crippen molar-refractivity contribution >= 4 is 10.2 Å². The van der Waals surface area contributed by atoms with Crippen LogP contribution in [-0.2, 0) is 6.42 Å². The minimum atomic E-state index is -9.65. The van der Waals surface area contributed by atoms with E-state index in [1.807, 2.05) is 32.9 Å². The highest BCUT2D eigenvalue weighted by Gasteiger charge is 2.65. The van der Waals surface area contributed by atoms with Crippen LogP contribution in [0.1, 0.15) is 33.9 Å². The Balaban J connectivity index is 2.27. The summed E-state index contributed by atoms with van der Waals surface area (Å²) in [5.74, 6) is 0. The number of aliphatic hydroxyl groups is 1. The van der Waals surface area contributed by atoms with Crippen molar-refractivity contribution in [3.8, 4) is 0 Å². The van der Waals surface area contributed by atoms with Gasteiger partial charge in [0.05, 0.1) is 6.10 Å². The lowest BCUT2D eigenvalue weighted by Crippen LogP contribution is -2.08. The summed E-state index contributed by atoms with van der Waals surface area (Å²) in [6.45, 7) is 5.61. The summed E-state index contributed by atoms with van der Waals surface area (Å²) in [7, 11) is -9.65. The fourth-order valence-corrected chi connectivity index (χ4v) is 3.58. The molecule has 0 saturated heterocycles. The molecular formula is C17H19F5OS. The second-order valence-electron chi connectivity index (χ2n) is 6.15. The van der Waals surface area contributed by atoms with Gasteiger partial charge in [0.2, 0.25) is 0 Å². The van der Waals surface area contributed by atoms with Crippen molar-refractivity contribution in [3.63, 3.8) is 0 Å². The Hall–Kier alpha value is -1.60. The van der Waals surface area contributed by atoms with E-state index >= 15 is 0 Å². The Bertz CT molecular complexity index is 743. The quantitative estimate of drug-likeness (QED) is 0.609. The summed E-state index contributed by atoms with van der Waals surface area (Å²) < 4.78 is 63.5. The van der Waals surface area contributed by atoms with Gasteiger partial charge in [-0.25, -0.2) is 0 Å². The van der Waals surface area contributed by atoms with E-state index < -0.39 is 21.2 Å². The van der Waals surface area contributed by atoms with Gasteiger partial charge in [0.15, 0.2) is 0 Å². The number of aryl methyl sites for hydroxylation is 3. The molecule has 0 radical (unpaired) electrons. The number of hydrogen-bond acceptors (Lipinski definition) is 1. The summed E-state index contributed by atoms with van der Waals surface area (Å²) in [5.41, 5.74) is 3.86. The molecule has 0 aliphatic carbocycles. The van der Waals surface area contributed by atoms with Gasteiger partial charge in [0.1, 0.15) is 4.90 Å². The number of rotatable bonds is 4. The standard InChI is InChI=1S/C17H19F5OS/c1-11-8-12(2)17(13(3)9-11)16(23)10-14-4-6-15(7-5-14)24(18,19,20,21)22/h4-9,16,23H,10H2,1-3H3/t16-/m0/s1. The van der Waals surface area contributed by atoms with Crippen LogP contribution < -0.4 is 0 Å². The van der Waals surface area contributed by atoms with Crippen molar-refractivity contribution in [1.29, 1.82) is 0 Å². The molecule has 1 atom stereocenters. The molecule has 0 fully saturated rings. The van der Waals surface area contributed by atoms with E-state index in [0.717, 1.165) is 28.8 Å². The molecule has 0 heterocycles. The highest BCUT2D eigenvalue weighted by Crippen LogP contribution is 3.02. The maximum atomic E-state index is 12.7. The van der Waals surface area contributed by atoms with Crippen LogP contribution >= 0.6 is 10.2 Å². The largest absolute Gasteiger partial charge is 0.388 e. The molecule has 134 valence electrons. The van der Waals surface area contributed by atoms with E-state index in [0.29, 0.717) is 23.3 Å². The molecule has 7 heteroatoms. The van der Waals surface area contributed by atoms with Crippen LogP contribution in [0.2, 0.25) is 0 Å². The van der Waals surface area contributed by atoms with E-state index in [-0.39, 0.29) is 6.42 Å². The summed E-state index contributed by atoms with van der Waals surface area (Å²) in [6.07, 6.45) is -0.873.